The molecule has 30 heavy (non-hydrogen) atoms. The van der Waals surface area contributed by atoms with Crippen LogP contribution in [0, 0.1) is 18.3 Å². The van der Waals surface area contributed by atoms with Crippen LogP contribution in [0.3, 0.4) is 0 Å². The summed E-state index contributed by atoms with van der Waals surface area (Å²) in [6.07, 6.45) is 2.41. The second-order valence-corrected chi connectivity index (χ2v) is 7.07. The van der Waals surface area contributed by atoms with Crippen LogP contribution < -0.4 is 19.9 Å². The van der Waals surface area contributed by atoms with E-state index < -0.39 is 0 Å². The van der Waals surface area contributed by atoms with Crippen LogP contribution in [0.25, 0.3) is 0 Å². The topological polar surface area (TPSA) is 98.6 Å². The Morgan fingerprint density at radius 2 is 2.10 bits per heavy atom. The van der Waals surface area contributed by atoms with Gasteiger partial charge in [-0.15, -0.1) is 0 Å². The maximum Gasteiger partial charge on any atom is 0.254 e. The third-order valence-corrected chi connectivity index (χ3v) is 5.24. The summed E-state index contributed by atoms with van der Waals surface area (Å²) in [5.74, 6) is 0.0165. The zero-order valence-electron chi connectivity index (χ0n) is 16.9. The number of rotatable bonds is 4. The number of methoxy groups -OCH3 is 1. The number of amides is 2. The molecule has 0 unspecified atom stereocenters. The van der Waals surface area contributed by atoms with Crippen molar-refractivity contribution in [3.63, 3.8) is 0 Å². The molecule has 1 saturated heterocycles. The first-order valence-corrected chi connectivity index (χ1v) is 9.73. The number of carbonyl (C=O) groups excluding carboxylic acids is 2. The van der Waals surface area contributed by atoms with Crippen LogP contribution in [-0.2, 0) is 4.79 Å². The number of thiocarbonyl (C=S) groups is 1. The van der Waals surface area contributed by atoms with Crippen molar-refractivity contribution in [2.75, 3.05) is 30.5 Å². The number of hydrogen-bond acceptors (Lipinski definition) is 6. The highest BCUT2D eigenvalue weighted by Gasteiger charge is 2.30. The van der Waals surface area contributed by atoms with E-state index in [1.807, 2.05) is 11.0 Å². The quantitative estimate of drug-likeness (QED) is 0.755. The van der Waals surface area contributed by atoms with E-state index in [-0.39, 0.29) is 11.8 Å². The van der Waals surface area contributed by atoms with Crippen LogP contribution in [0.1, 0.15) is 34.5 Å². The van der Waals surface area contributed by atoms with Gasteiger partial charge in [-0.05, 0) is 49.3 Å². The Hall–Kier alpha value is -3.51. The number of ether oxygens (including phenoxy) is 1. The molecule has 2 amide bonds. The summed E-state index contributed by atoms with van der Waals surface area (Å²) in [6.45, 7) is 2.30. The predicted octanol–water partition coefficient (Wildman–Crippen LogP) is 2.55. The molecule has 8 nitrogen and oxygen atoms in total. The number of hydrogen-bond donors (Lipinski definition) is 1. The Kier molecular flexibility index (Phi) is 6.28. The van der Waals surface area contributed by atoms with Crippen LogP contribution in [0.15, 0.2) is 30.5 Å². The third-order valence-electron chi connectivity index (χ3n) is 4.84. The van der Waals surface area contributed by atoms with Crippen LogP contribution >= 0.6 is 12.2 Å². The van der Waals surface area contributed by atoms with Crippen molar-refractivity contribution < 1.29 is 14.3 Å². The number of aromatic nitrogens is 1. The summed E-state index contributed by atoms with van der Waals surface area (Å²) in [5, 5.41) is 12.0. The first-order chi connectivity index (χ1) is 14.4. The number of nitrogens with zero attached hydrogens (tertiary/aromatic N) is 4. The molecular weight excluding hydrogens is 402 g/mol. The van der Waals surface area contributed by atoms with Crippen molar-refractivity contribution in [2.24, 2.45) is 0 Å². The summed E-state index contributed by atoms with van der Waals surface area (Å²) in [5.41, 5.74) is 2.60. The van der Waals surface area contributed by atoms with E-state index in [1.165, 1.54) is 18.2 Å². The van der Waals surface area contributed by atoms with Gasteiger partial charge in [0.25, 0.3) is 5.91 Å². The first-order valence-electron chi connectivity index (χ1n) is 9.32. The molecule has 0 radical (unpaired) electrons. The molecule has 1 N–H and O–H groups in total. The van der Waals surface area contributed by atoms with Crippen molar-refractivity contribution in [2.45, 2.75) is 19.8 Å². The van der Waals surface area contributed by atoms with Crippen molar-refractivity contribution >= 4 is 40.5 Å². The minimum atomic E-state index is -0.257. The molecule has 1 aliphatic heterocycles. The highest BCUT2D eigenvalue weighted by atomic mass is 32.1. The lowest BCUT2D eigenvalue weighted by atomic mass is 10.1. The number of anilines is 2. The Bertz CT molecular complexity index is 1060. The van der Waals surface area contributed by atoms with E-state index in [0.717, 1.165) is 0 Å². The first kappa shape index (κ1) is 21.2. The van der Waals surface area contributed by atoms with Gasteiger partial charge in [0.2, 0.25) is 5.91 Å². The Morgan fingerprint density at radius 1 is 1.33 bits per heavy atom. The fourth-order valence-electron chi connectivity index (χ4n) is 3.29. The number of pyridine rings is 1. The van der Waals surface area contributed by atoms with E-state index in [4.69, 9.17) is 22.2 Å². The number of carbonyl (C=O) groups is 2. The molecule has 154 valence electrons. The predicted molar refractivity (Wildman–Crippen MR) is 117 cm³/mol. The zero-order valence-corrected chi connectivity index (χ0v) is 17.7. The fraction of sp³-hybridized carbons (Fsp3) is 0.286. The van der Waals surface area contributed by atoms with E-state index in [2.05, 4.69) is 10.3 Å². The maximum atomic E-state index is 12.8. The average molecular weight is 423 g/mol. The molecule has 1 aromatic carbocycles. The molecule has 3 rings (SSSR count). The fourth-order valence-corrected chi connectivity index (χ4v) is 3.69. The molecule has 2 heterocycles. The standard InChI is InChI=1S/C21H21N5O3S/c1-13-9-15(12-24-17(13)11-22)26-19(27)5-4-8-25(21(26)30)14-6-7-16(20(28)23-2)18(10-14)29-3/h6-7,9-10,12H,4-5,8H2,1-3H3,(H,23,28). The van der Waals surface area contributed by atoms with E-state index in [0.29, 0.717) is 58.4 Å². The Labute approximate surface area is 180 Å². The lowest BCUT2D eigenvalue weighted by Gasteiger charge is -2.30. The van der Waals surface area contributed by atoms with Gasteiger partial charge in [0, 0.05) is 31.8 Å². The summed E-state index contributed by atoms with van der Waals surface area (Å²) in [4.78, 5) is 32.3. The minimum absolute atomic E-state index is 0.137. The van der Waals surface area contributed by atoms with E-state index >= 15 is 0 Å². The van der Waals surface area contributed by atoms with Gasteiger partial charge in [-0.2, -0.15) is 5.26 Å². The van der Waals surface area contributed by atoms with Gasteiger partial charge in [0.1, 0.15) is 17.5 Å². The van der Waals surface area contributed by atoms with Crippen molar-refractivity contribution in [3.8, 4) is 11.8 Å². The molecule has 2 aromatic rings. The van der Waals surface area contributed by atoms with Gasteiger partial charge in [-0.25, -0.2) is 4.98 Å². The van der Waals surface area contributed by atoms with Crippen molar-refractivity contribution in [1.29, 1.82) is 5.26 Å². The van der Waals surface area contributed by atoms with Gasteiger partial charge in [0.15, 0.2) is 5.11 Å². The van der Waals surface area contributed by atoms with E-state index in [9.17, 15) is 9.59 Å². The molecule has 1 aliphatic rings. The largest absolute Gasteiger partial charge is 0.496 e. The summed E-state index contributed by atoms with van der Waals surface area (Å²) >= 11 is 5.69. The van der Waals surface area contributed by atoms with Crippen LogP contribution in [0.2, 0.25) is 0 Å². The third kappa shape index (κ3) is 3.95. The lowest BCUT2D eigenvalue weighted by molar-refractivity contribution is -0.117. The second-order valence-electron chi connectivity index (χ2n) is 6.70. The Balaban J connectivity index is 2.01. The number of benzene rings is 1. The zero-order chi connectivity index (χ0) is 21.8. The molecule has 1 aromatic heterocycles. The molecule has 1 fully saturated rings. The van der Waals surface area contributed by atoms with Gasteiger partial charge in [-0.3, -0.25) is 14.5 Å². The number of nitriles is 1. The lowest BCUT2D eigenvalue weighted by Crippen LogP contribution is -2.44. The molecule has 0 spiro atoms. The summed E-state index contributed by atoms with van der Waals surface area (Å²) in [7, 11) is 3.05. The summed E-state index contributed by atoms with van der Waals surface area (Å²) < 4.78 is 5.39. The van der Waals surface area contributed by atoms with Crippen molar-refractivity contribution in [3.05, 3.63) is 47.3 Å². The van der Waals surface area contributed by atoms with Gasteiger partial charge in [0.05, 0.1) is 24.6 Å². The second kappa shape index (κ2) is 8.88. The highest BCUT2D eigenvalue weighted by Crippen LogP contribution is 2.30. The summed E-state index contributed by atoms with van der Waals surface area (Å²) in [6, 6.07) is 8.92. The molecule has 0 bridgehead atoms. The maximum absolute atomic E-state index is 12.8. The van der Waals surface area contributed by atoms with Crippen LogP contribution in [0.4, 0.5) is 11.4 Å². The smallest absolute Gasteiger partial charge is 0.254 e. The molecule has 9 heteroatoms. The minimum Gasteiger partial charge on any atom is -0.496 e. The average Bonchev–Trinajstić information content (AvgIpc) is 2.90. The van der Waals surface area contributed by atoms with Crippen LogP contribution in [-0.4, -0.2) is 42.6 Å². The molecule has 0 aliphatic carbocycles. The van der Waals surface area contributed by atoms with Crippen molar-refractivity contribution in [1.82, 2.24) is 10.3 Å². The monoisotopic (exact) mass is 423 g/mol. The number of nitrogens with one attached hydrogen (secondary N) is 1. The van der Waals surface area contributed by atoms with E-state index in [1.54, 1.807) is 38.2 Å². The SMILES string of the molecule is CNC(=O)c1ccc(N2CCCC(=O)N(c3cnc(C#N)c(C)c3)C2=S)cc1OC. The normalized spacial score (nSPS) is 14.2. The molecule has 0 saturated carbocycles. The van der Waals surface area contributed by atoms with Gasteiger partial charge < -0.3 is 15.0 Å². The number of aryl methyl sites for hydroxylation is 1. The molecular formula is C21H21N5O3S. The van der Waals surface area contributed by atoms with Gasteiger partial charge >= 0.3 is 0 Å². The Morgan fingerprint density at radius 3 is 2.73 bits per heavy atom. The van der Waals surface area contributed by atoms with Gasteiger partial charge in [-0.1, -0.05) is 0 Å². The molecule has 0 atom stereocenters. The highest BCUT2D eigenvalue weighted by molar-refractivity contribution is 7.81. The van der Waals surface area contributed by atoms with Crippen LogP contribution in [0.5, 0.6) is 5.75 Å².